The van der Waals surface area contributed by atoms with Crippen molar-refractivity contribution in [1.29, 1.82) is 0 Å². The Morgan fingerprint density at radius 2 is 1.00 bits per heavy atom. The highest BCUT2D eigenvalue weighted by Crippen LogP contribution is 2.30. The second-order valence-electron chi connectivity index (χ2n) is 5.11. The van der Waals surface area contributed by atoms with Gasteiger partial charge in [0.1, 0.15) is 0 Å². The van der Waals surface area contributed by atoms with Gasteiger partial charge in [0.2, 0.25) is 0 Å². The fourth-order valence-electron chi connectivity index (χ4n) is 3.29. The Morgan fingerprint density at radius 1 is 0.533 bits per heavy atom. The average molecular weight is 200 g/mol. The summed E-state index contributed by atoms with van der Waals surface area (Å²) in [5.41, 5.74) is 6.85. The molecule has 0 aromatic heterocycles. The van der Waals surface area contributed by atoms with Crippen molar-refractivity contribution in [2.75, 3.05) is 0 Å². The lowest BCUT2D eigenvalue weighted by atomic mass is 9.84. The van der Waals surface area contributed by atoms with Crippen LogP contribution in [0.5, 0.6) is 0 Å². The summed E-state index contributed by atoms with van der Waals surface area (Å²) in [5, 5.41) is 0. The molecule has 0 fully saturated rings. The number of hydrogen-bond acceptors (Lipinski definition) is 0. The van der Waals surface area contributed by atoms with Gasteiger partial charge in [0.15, 0.2) is 0 Å². The lowest BCUT2D eigenvalue weighted by molar-refractivity contribution is 0.672. The van der Waals surface area contributed by atoms with Crippen LogP contribution < -0.4 is 0 Å². The molecular formula is C15H20. The molecule has 0 N–H and O–H groups in total. The van der Waals surface area contributed by atoms with Gasteiger partial charge in [-0.2, -0.15) is 0 Å². The van der Waals surface area contributed by atoms with Gasteiger partial charge in [-0.05, 0) is 73.6 Å². The predicted octanol–water partition coefficient (Wildman–Crippen LogP) is 3.83. The summed E-state index contributed by atoms with van der Waals surface area (Å²) in [6.45, 7) is 0. The first-order valence-corrected chi connectivity index (χ1v) is 6.57. The molecule has 0 heterocycles. The summed E-state index contributed by atoms with van der Waals surface area (Å²) < 4.78 is 0. The predicted molar refractivity (Wildman–Crippen MR) is 64.3 cm³/mol. The van der Waals surface area contributed by atoms with Crippen LogP contribution >= 0.6 is 0 Å². The SMILES string of the molecule is c1cc2c(c3c1CCCCC3)CCCC2. The fourth-order valence-corrected chi connectivity index (χ4v) is 3.29. The quantitative estimate of drug-likeness (QED) is 0.558. The Labute approximate surface area is 92.7 Å². The standard InChI is InChI=1S/C15H20/c1-2-6-12-10-11-13-7-4-5-9-15(13)14(12)8-3-1/h10-11H,1-9H2. The number of hydrogen-bond donors (Lipinski definition) is 0. The van der Waals surface area contributed by atoms with Gasteiger partial charge in [-0.3, -0.25) is 0 Å². The summed E-state index contributed by atoms with van der Waals surface area (Å²) in [5.74, 6) is 0. The topological polar surface area (TPSA) is 0 Å². The zero-order chi connectivity index (χ0) is 10.1. The molecule has 0 saturated heterocycles. The molecular weight excluding hydrogens is 180 g/mol. The lowest BCUT2D eigenvalue weighted by Gasteiger charge is -2.21. The van der Waals surface area contributed by atoms with Crippen LogP contribution in [0.25, 0.3) is 0 Å². The Hall–Kier alpha value is -0.780. The van der Waals surface area contributed by atoms with Crippen LogP contribution in [-0.4, -0.2) is 0 Å². The van der Waals surface area contributed by atoms with E-state index in [9.17, 15) is 0 Å². The van der Waals surface area contributed by atoms with Crippen LogP contribution in [0, 0.1) is 0 Å². The molecule has 0 atom stereocenters. The molecule has 0 bridgehead atoms. The van der Waals surface area contributed by atoms with Crippen LogP contribution in [0.2, 0.25) is 0 Å². The molecule has 0 radical (unpaired) electrons. The van der Waals surface area contributed by atoms with Gasteiger partial charge in [0.05, 0.1) is 0 Å². The maximum Gasteiger partial charge on any atom is -0.0273 e. The first-order chi connectivity index (χ1) is 7.45. The molecule has 1 aromatic carbocycles. The zero-order valence-corrected chi connectivity index (χ0v) is 9.52. The maximum absolute atomic E-state index is 2.42. The molecule has 0 unspecified atom stereocenters. The molecule has 0 saturated carbocycles. The fraction of sp³-hybridized carbons (Fsp3) is 0.600. The normalized spacial score (nSPS) is 20.3. The highest BCUT2D eigenvalue weighted by Gasteiger charge is 2.17. The van der Waals surface area contributed by atoms with Crippen molar-refractivity contribution in [3.63, 3.8) is 0 Å². The van der Waals surface area contributed by atoms with Gasteiger partial charge < -0.3 is 0 Å². The molecule has 0 aliphatic heterocycles. The van der Waals surface area contributed by atoms with Crippen molar-refractivity contribution in [2.24, 2.45) is 0 Å². The van der Waals surface area contributed by atoms with E-state index in [0.29, 0.717) is 0 Å². The Morgan fingerprint density at radius 3 is 1.67 bits per heavy atom. The van der Waals surface area contributed by atoms with E-state index < -0.39 is 0 Å². The van der Waals surface area contributed by atoms with E-state index in [1.807, 2.05) is 0 Å². The molecule has 0 spiro atoms. The monoisotopic (exact) mass is 200 g/mol. The van der Waals surface area contributed by atoms with Crippen molar-refractivity contribution in [3.8, 4) is 0 Å². The molecule has 1 aromatic rings. The third kappa shape index (κ3) is 1.71. The van der Waals surface area contributed by atoms with Crippen molar-refractivity contribution >= 4 is 0 Å². The van der Waals surface area contributed by atoms with Crippen LogP contribution in [0.3, 0.4) is 0 Å². The van der Waals surface area contributed by atoms with Gasteiger partial charge in [0, 0.05) is 0 Å². The van der Waals surface area contributed by atoms with Gasteiger partial charge in [-0.25, -0.2) is 0 Å². The van der Waals surface area contributed by atoms with Gasteiger partial charge in [-0.15, -0.1) is 0 Å². The molecule has 0 nitrogen and oxygen atoms in total. The summed E-state index contributed by atoms with van der Waals surface area (Å²) in [4.78, 5) is 0. The summed E-state index contributed by atoms with van der Waals surface area (Å²) in [6.07, 6.45) is 12.5. The minimum atomic E-state index is 1.34. The average Bonchev–Trinajstić information content (AvgIpc) is 2.54. The number of rotatable bonds is 0. The van der Waals surface area contributed by atoms with Crippen molar-refractivity contribution in [1.82, 2.24) is 0 Å². The third-order valence-corrected chi connectivity index (χ3v) is 4.12. The minimum absolute atomic E-state index is 1.34. The lowest BCUT2D eigenvalue weighted by Crippen LogP contribution is -2.08. The summed E-state index contributed by atoms with van der Waals surface area (Å²) >= 11 is 0. The van der Waals surface area contributed by atoms with Gasteiger partial charge in [-0.1, -0.05) is 18.6 Å². The molecule has 0 heteroatoms. The first-order valence-electron chi connectivity index (χ1n) is 6.57. The van der Waals surface area contributed by atoms with E-state index in [1.54, 1.807) is 22.3 Å². The van der Waals surface area contributed by atoms with E-state index in [-0.39, 0.29) is 0 Å². The first kappa shape index (κ1) is 9.45. The highest BCUT2D eigenvalue weighted by molar-refractivity contribution is 5.43. The van der Waals surface area contributed by atoms with E-state index in [2.05, 4.69) is 12.1 Å². The van der Waals surface area contributed by atoms with Crippen molar-refractivity contribution in [2.45, 2.75) is 57.8 Å². The van der Waals surface area contributed by atoms with Crippen LogP contribution in [-0.2, 0) is 25.7 Å². The molecule has 0 amide bonds. The van der Waals surface area contributed by atoms with Gasteiger partial charge in [0.25, 0.3) is 0 Å². The maximum atomic E-state index is 2.42. The van der Waals surface area contributed by atoms with E-state index in [4.69, 9.17) is 0 Å². The Balaban J connectivity index is 2.08. The molecule has 3 rings (SSSR count). The molecule has 80 valence electrons. The Bertz CT molecular complexity index is 363. The smallest absolute Gasteiger partial charge is 0.0273 e. The number of fused-ring (bicyclic) bond motifs is 3. The van der Waals surface area contributed by atoms with E-state index in [1.165, 1.54) is 57.8 Å². The number of aryl methyl sites for hydroxylation is 2. The largest absolute Gasteiger partial charge is 0.0585 e. The van der Waals surface area contributed by atoms with Crippen LogP contribution in [0.4, 0.5) is 0 Å². The van der Waals surface area contributed by atoms with Crippen LogP contribution in [0.15, 0.2) is 12.1 Å². The second kappa shape index (κ2) is 4.00. The zero-order valence-electron chi connectivity index (χ0n) is 9.52. The van der Waals surface area contributed by atoms with Crippen LogP contribution in [0.1, 0.15) is 54.4 Å². The highest BCUT2D eigenvalue weighted by atomic mass is 14.2. The van der Waals surface area contributed by atoms with E-state index in [0.717, 1.165) is 0 Å². The second-order valence-corrected chi connectivity index (χ2v) is 5.11. The third-order valence-electron chi connectivity index (χ3n) is 4.12. The van der Waals surface area contributed by atoms with Gasteiger partial charge >= 0.3 is 0 Å². The molecule has 2 aliphatic rings. The molecule has 15 heavy (non-hydrogen) atoms. The summed E-state index contributed by atoms with van der Waals surface area (Å²) in [6, 6.07) is 4.84. The summed E-state index contributed by atoms with van der Waals surface area (Å²) in [7, 11) is 0. The van der Waals surface area contributed by atoms with Crippen molar-refractivity contribution in [3.05, 3.63) is 34.4 Å². The Kier molecular flexibility index (Phi) is 2.52. The number of benzene rings is 1. The van der Waals surface area contributed by atoms with Crippen molar-refractivity contribution < 1.29 is 0 Å². The van der Waals surface area contributed by atoms with E-state index >= 15 is 0 Å². The minimum Gasteiger partial charge on any atom is -0.0585 e. The molecule has 2 aliphatic carbocycles.